The molecular weight excluding hydrogens is 465 g/mol. The molecule has 1 heterocycles. The molecule has 1 fully saturated rings. The molecule has 0 bridgehead atoms. The minimum absolute atomic E-state index is 0. The van der Waals surface area contributed by atoms with E-state index in [1.165, 1.54) is 5.56 Å². The molecule has 1 saturated heterocycles. The molecular formula is C22H30IN3O2. The Kier molecular flexibility index (Phi) is 9.40. The summed E-state index contributed by atoms with van der Waals surface area (Å²) in [7, 11) is 1.68. The van der Waals surface area contributed by atoms with Gasteiger partial charge in [0.05, 0.1) is 13.7 Å². The summed E-state index contributed by atoms with van der Waals surface area (Å²) in [6.45, 7) is 5.53. The standard InChI is InChI=1S/C22H29N3O2.HI/c1-3-23-22(24-17-18-9-11-19(26-2)12-10-18)25-15-13-21(14-16-25)27-20-7-5-4-6-8-20;/h4-12,21H,3,13-17H2,1-2H3,(H,23,24);1H. The second kappa shape index (κ2) is 11.8. The number of methoxy groups -OCH3 is 1. The molecule has 0 aromatic heterocycles. The van der Waals surface area contributed by atoms with E-state index < -0.39 is 0 Å². The third-order valence-electron chi connectivity index (χ3n) is 4.69. The Bertz CT molecular complexity index is 714. The zero-order valence-electron chi connectivity index (χ0n) is 16.6. The molecule has 5 nitrogen and oxygen atoms in total. The van der Waals surface area contributed by atoms with Crippen LogP contribution in [0.4, 0.5) is 0 Å². The van der Waals surface area contributed by atoms with Crippen molar-refractivity contribution in [2.75, 3.05) is 26.7 Å². The summed E-state index contributed by atoms with van der Waals surface area (Å²) in [6.07, 6.45) is 2.28. The number of likely N-dealkylation sites (tertiary alicyclic amines) is 1. The van der Waals surface area contributed by atoms with Gasteiger partial charge in [-0.05, 0) is 36.8 Å². The first kappa shape index (κ1) is 22.3. The smallest absolute Gasteiger partial charge is 0.194 e. The highest BCUT2D eigenvalue weighted by Gasteiger charge is 2.22. The van der Waals surface area contributed by atoms with Crippen molar-refractivity contribution in [2.24, 2.45) is 4.99 Å². The topological polar surface area (TPSA) is 46.1 Å². The highest BCUT2D eigenvalue weighted by Crippen LogP contribution is 2.19. The number of guanidine groups is 1. The van der Waals surface area contributed by atoms with E-state index in [1.54, 1.807) is 7.11 Å². The average Bonchev–Trinajstić information content (AvgIpc) is 2.73. The summed E-state index contributed by atoms with van der Waals surface area (Å²) in [5.41, 5.74) is 1.17. The van der Waals surface area contributed by atoms with Crippen molar-refractivity contribution in [2.45, 2.75) is 32.4 Å². The van der Waals surface area contributed by atoms with Gasteiger partial charge in [-0.2, -0.15) is 0 Å². The van der Waals surface area contributed by atoms with Gasteiger partial charge in [-0.15, -0.1) is 24.0 Å². The van der Waals surface area contributed by atoms with E-state index in [0.29, 0.717) is 6.54 Å². The third-order valence-corrected chi connectivity index (χ3v) is 4.69. The number of benzene rings is 2. The van der Waals surface area contributed by atoms with Crippen LogP contribution in [0.2, 0.25) is 0 Å². The van der Waals surface area contributed by atoms with Crippen LogP contribution in [0.3, 0.4) is 0 Å². The number of piperidine rings is 1. The van der Waals surface area contributed by atoms with Gasteiger partial charge in [0, 0.05) is 32.5 Å². The fourth-order valence-corrected chi connectivity index (χ4v) is 3.20. The molecule has 0 radical (unpaired) electrons. The van der Waals surface area contributed by atoms with Crippen LogP contribution in [0, 0.1) is 0 Å². The number of nitrogens with zero attached hydrogens (tertiary/aromatic N) is 2. The lowest BCUT2D eigenvalue weighted by molar-refractivity contribution is 0.129. The van der Waals surface area contributed by atoms with Crippen LogP contribution >= 0.6 is 24.0 Å². The summed E-state index contributed by atoms with van der Waals surface area (Å²) >= 11 is 0. The van der Waals surface area contributed by atoms with Gasteiger partial charge in [0.15, 0.2) is 5.96 Å². The maximum Gasteiger partial charge on any atom is 0.194 e. The van der Waals surface area contributed by atoms with Crippen LogP contribution < -0.4 is 14.8 Å². The van der Waals surface area contributed by atoms with Gasteiger partial charge in [0.25, 0.3) is 0 Å². The van der Waals surface area contributed by atoms with E-state index in [-0.39, 0.29) is 30.1 Å². The van der Waals surface area contributed by atoms with Crippen molar-refractivity contribution >= 4 is 29.9 Å². The van der Waals surface area contributed by atoms with E-state index in [1.807, 2.05) is 42.5 Å². The van der Waals surface area contributed by atoms with Gasteiger partial charge in [-0.3, -0.25) is 0 Å². The SMILES string of the molecule is CCNC(=NCc1ccc(OC)cc1)N1CCC(Oc2ccccc2)CC1.I. The number of para-hydroxylation sites is 1. The number of hydrogen-bond acceptors (Lipinski definition) is 3. The number of hydrogen-bond donors (Lipinski definition) is 1. The molecule has 0 unspecified atom stereocenters. The predicted molar refractivity (Wildman–Crippen MR) is 125 cm³/mol. The quantitative estimate of drug-likeness (QED) is 0.369. The highest BCUT2D eigenvalue weighted by molar-refractivity contribution is 14.0. The first-order valence-electron chi connectivity index (χ1n) is 9.66. The van der Waals surface area contributed by atoms with Crippen LogP contribution in [0.5, 0.6) is 11.5 Å². The summed E-state index contributed by atoms with van der Waals surface area (Å²) in [6, 6.07) is 18.2. The average molecular weight is 495 g/mol. The monoisotopic (exact) mass is 495 g/mol. The Labute approximate surface area is 185 Å². The van der Waals surface area contributed by atoms with Crippen molar-refractivity contribution in [3.8, 4) is 11.5 Å². The van der Waals surface area contributed by atoms with Crippen LogP contribution in [0.25, 0.3) is 0 Å². The molecule has 3 rings (SSSR count). The zero-order valence-corrected chi connectivity index (χ0v) is 19.0. The molecule has 152 valence electrons. The largest absolute Gasteiger partial charge is 0.497 e. The Hall–Kier alpha value is -1.96. The van der Waals surface area contributed by atoms with Crippen LogP contribution in [0.15, 0.2) is 59.6 Å². The molecule has 0 spiro atoms. The molecule has 6 heteroatoms. The number of aliphatic imine (C=N–C) groups is 1. The molecule has 0 aliphatic carbocycles. The molecule has 2 aromatic carbocycles. The predicted octanol–water partition coefficient (Wildman–Crippen LogP) is 4.32. The normalized spacial score (nSPS) is 14.9. The fraction of sp³-hybridized carbons (Fsp3) is 0.409. The maximum atomic E-state index is 6.10. The first-order valence-corrected chi connectivity index (χ1v) is 9.66. The summed E-state index contributed by atoms with van der Waals surface area (Å²) in [5.74, 6) is 2.80. The zero-order chi connectivity index (χ0) is 18.9. The van der Waals surface area contributed by atoms with Gasteiger partial charge in [-0.25, -0.2) is 4.99 Å². The van der Waals surface area contributed by atoms with Gasteiger partial charge >= 0.3 is 0 Å². The molecule has 0 amide bonds. The molecule has 1 aliphatic rings. The van der Waals surface area contributed by atoms with E-state index in [0.717, 1.165) is 49.9 Å². The summed E-state index contributed by atoms with van der Waals surface area (Å²) < 4.78 is 11.3. The highest BCUT2D eigenvalue weighted by atomic mass is 127. The Morgan fingerprint density at radius 1 is 1.04 bits per heavy atom. The molecule has 2 aromatic rings. The van der Waals surface area contributed by atoms with E-state index >= 15 is 0 Å². The molecule has 0 atom stereocenters. The molecule has 28 heavy (non-hydrogen) atoms. The lowest BCUT2D eigenvalue weighted by atomic mass is 10.1. The van der Waals surface area contributed by atoms with E-state index in [9.17, 15) is 0 Å². The minimum Gasteiger partial charge on any atom is -0.497 e. The van der Waals surface area contributed by atoms with Crippen LogP contribution in [-0.2, 0) is 6.54 Å². The summed E-state index contributed by atoms with van der Waals surface area (Å²) in [5, 5.41) is 3.42. The lowest BCUT2D eigenvalue weighted by Gasteiger charge is -2.34. The minimum atomic E-state index is 0. The summed E-state index contributed by atoms with van der Waals surface area (Å²) in [4.78, 5) is 7.15. The Morgan fingerprint density at radius 2 is 1.71 bits per heavy atom. The van der Waals surface area contributed by atoms with Crippen LogP contribution in [-0.4, -0.2) is 43.7 Å². The third kappa shape index (κ3) is 6.58. The maximum absolute atomic E-state index is 6.10. The van der Waals surface area contributed by atoms with Crippen molar-refractivity contribution in [1.82, 2.24) is 10.2 Å². The number of nitrogens with one attached hydrogen (secondary N) is 1. The molecule has 0 saturated carbocycles. The fourth-order valence-electron chi connectivity index (χ4n) is 3.20. The molecule has 1 N–H and O–H groups in total. The van der Waals surface area contributed by atoms with E-state index in [4.69, 9.17) is 14.5 Å². The van der Waals surface area contributed by atoms with Gasteiger partial charge in [0.1, 0.15) is 17.6 Å². The lowest BCUT2D eigenvalue weighted by Crippen LogP contribution is -2.47. The second-order valence-electron chi connectivity index (χ2n) is 6.64. The first-order chi connectivity index (χ1) is 13.3. The van der Waals surface area contributed by atoms with E-state index in [2.05, 4.69) is 29.3 Å². The van der Waals surface area contributed by atoms with Crippen LogP contribution in [0.1, 0.15) is 25.3 Å². The van der Waals surface area contributed by atoms with Crippen molar-refractivity contribution in [3.63, 3.8) is 0 Å². The van der Waals surface area contributed by atoms with Crippen molar-refractivity contribution in [1.29, 1.82) is 0 Å². The van der Waals surface area contributed by atoms with Gasteiger partial charge < -0.3 is 19.7 Å². The Balaban J connectivity index is 0.00000280. The number of ether oxygens (including phenoxy) is 2. The van der Waals surface area contributed by atoms with Crippen molar-refractivity contribution < 1.29 is 9.47 Å². The van der Waals surface area contributed by atoms with Gasteiger partial charge in [0.2, 0.25) is 0 Å². The Morgan fingerprint density at radius 3 is 2.32 bits per heavy atom. The number of rotatable bonds is 6. The number of halogens is 1. The second-order valence-corrected chi connectivity index (χ2v) is 6.64. The molecule has 1 aliphatic heterocycles. The van der Waals surface area contributed by atoms with Crippen molar-refractivity contribution in [3.05, 3.63) is 60.2 Å². The van der Waals surface area contributed by atoms with Gasteiger partial charge in [-0.1, -0.05) is 30.3 Å².